The van der Waals surface area contributed by atoms with Gasteiger partial charge in [0.25, 0.3) is 0 Å². The summed E-state index contributed by atoms with van der Waals surface area (Å²) in [6.07, 6.45) is -4.13. The van der Waals surface area contributed by atoms with Gasteiger partial charge in [-0.15, -0.1) is 13.2 Å². The second-order valence-electron chi connectivity index (χ2n) is 7.14. The lowest BCUT2D eigenvalue weighted by Crippen LogP contribution is -2.41. The van der Waals surface area contributed by atoms with Crippen LogP contribution in [0.1, 0.15) is 19.8 Å². The third kappa shape index (κ3) is 6.13. The number of carbonyl (C=O) groups is 1. The van der Waals surface area contributed by atoms with Gasteiger partial charge >= 0.3 is 6.36 Å². The monoisotopic (exact) mass is 472 g/mol. The van der Waals surface area contributed by atoms with Crippen LogP contribution in [-0.4, -0.2) is 44.7 Å². The predicted molar refractivity (Wildman–Crippen MR) is 111 cm³/mol. The van der Waals surface area contributed by atoms with Crippen LogP contribution >= 0.6 is 0 Å². The number of halogens is 3. The number of nitrogens with one attached hydrogen (secondary N) is 1. The van der Waals surface area contributed by atoms with E-state index in [9.17, 15) is 26.4 Å². The molecule has 0 aromatic heterocycles. The minimum Gasteiger partial charge on any atom is -0.494 e. The molecule has 0 saturated carbocycles. The van der Waals surface area contributed by atoms with Gasteiger partial charge in [-0.1, -0.05) is 0 Å². The quantitative estimate of drug-likeness (QED) is 0.658. The van der Waals surface area contributed by atoms with Gasteiger partial charge in [0, 0.05) is 24.7 Å². The molecular formula is C21H23F3N2O5S. The summed E-state index contributed by atoms with van der Waals surface area (Å²) in [5.74, 6) is -0.524. The van der Waals surface area contributed by atoms with Crippen LogP contribution < -0.4 is 14.8 Å². The van der Waals surface area contributed by atoms with Gasteiger partial charge in [0.2, 0.25) is 15.9 Å². The zero-order valence-corrected chi connectivity index (χ0v) is 18.1. The number of hydrogen-bond acceptors (Lipinski definition) is 5. The van der Waals surface area contributed by atoms with Gasteiger partial charge in [0.1, 0.15) is 11.5 Å². The number of rotatable bonds is 7. The largest absolute Gasteiger partial charge is 0.573 e. The van der Waals surface area contributed by atoms with Crippen LogP contribution in [0.3, 0.4) is 0 Å². The average molecular weight is 472 g/mol. The first-order chi connectivity index (χ1) is 15.1. The Kier molecular flexibility index (Phi) is 7.29. The number of ether oxygens (including phenoxy) is 2. The number of benzene rings is 2. The summed E-state index contributed by atoms with van der Waals surface area (Å²) in [5.41, 5.74) is 0.328. The van der Waals surface area contributed by atoms with Crippen molar-refractivity contribution in [2.24, 2.45) is 5.92 Å². The lowest BCUT2D eigenvalue weighted by atomic mass is 9.97. The smallest absolute Gasteiger partial charge is 0.494 e. The van der Waals surface area contributed by atoms with Gasteiger partial charge in [0.05, 0.1) is 11.5 Å². The number of nitrogens with zero attached hydrogens (tertiary/aromatic N) is 1. The van der Waals surface area contributed by atoms with Crippen molar-refractivity contribution in [3.8, 4) is 11.5 Å². The van der Waals surface area contributed by atoms with Gasteiger partial charge in [-0.3, -0.25) is 4.79 Å². The number of piperidine rings is 1. The summed E-state index contributed by atoms with van der Waals surface area (Å²) in [4.78, 5) is 12.7. The lowest BCUT2D eigenvalue weighted by molar-refractivity contribution is -0.274. The van der Waals surface area contributed by atoms with Gasteiger partial charge in [-0.2, -0.15) is 4.31 Å². The van der Waals surface area contributed by atoms with Crippen molar-refractivity contribution in [3.05, 3.63) is 48.5 Å². The molecule has 0 atom stereocenters. The third-order valence-corrected chi connectivity index (χ3v) is 6.87. The van der Waals surface area contributed by atoms with E-state index in [0.717, 1.165) is 12.1 Å². The number of sulfonamides is 1. The van der Waals surface area contributed by atoms with Crippen molar-refractivity contribution >= 4 is 21.6 Å². The number of anilines is 1. The zero-order valence-electron chi connectivity index (χ0n) is 17.3. The van der Waals surface area contributed by atoms with Crippen LogP contribution in [-0.2, 0) is 14.8 Å². The zero-order chi connectivity index (χ0) is 23.4. The standard InChI is InChI=1S/C21H23F3N2O5S/c1-2-30-17-7-9-19(10-8-17)32(28,29)26-13-11-15(12-14-26)20(27)25-16-3-5-18(6-4-16)31-21(22,23)24/h3-10,15H,2,11-14H2,1H3,(H,25,27). The maximum Gasteiger partial charge on any atom is 0.573 e. The Labute approximate surface area is 184 Å². The van der Waals surface area contributed by atoms with Gasteiger partial charge in [-0.05, 0) is 68.3 Å². The molecular weight excluding hydrogens is 449 g/mol. The number of alkyl halides is 3. The number of carbonyl (C=O) groups excluding carboxylic acids is 1. The molecule has 32 heavy (non-hydrogen) atoms. The van der Waals surface area contributed by atoms with Crippen LogP contribution in [0.4, 0.5) is 18.9 Å². The van der Waals surface area contributed by atoms with Crippen LogP contribution in [0.25, 0.3) is 0 Å². The van der Waals surface area contributed by atoms with Crippen molar-refractivity contribution in [3.63, 3.8) is 0 Å². The lowest BCUT2D eigenvalue weighted by Gasteiger charge is -2.30. The summed E-state index contributed by atoms with van der Waals surface area (Å²) in [6.45, 7) is 2.69. The SMILES string of the molecule is CCOc1ccc(S(=O)(=O)N2CCC(C(=O)Nc3ccc(OC(F)(F)F)cc3)CC2)cc1. The maximum absolute atomic E-state index is 12.8. The molecule has 2 aromatic rings. The Bertz CT molecular complexity index is 1020. The molecule has 0 bridgehead atoms. The Morgan fingerprint density at radius 3 is 2.12 bits per heavy atom. The molecule has 0 radical (unpaired) electrons. The highest BCUT2D eigenvalue weighted by Crippen LogP contribution is 2.27. The van der Waals surface area contributed by atoms with E-state index < -0.39 is 22.3 Å². The highest BCUT2D eigenvalue weighted by atomic mass is 32.2. The normalized spacial score (nSPS) is 15.9. The first-order valence-corrected chi connectivity index (χ1v) is 11.4. The third-order valence-electron chi connectivity index (χ3n) is 4.95. The Morgan fingerprint density at radius 2 is 1.59 bits per heavy atom. The molecule has 0 spiro atoms. The summed E-state index contributed by atoms with van der Waals surface area (Å²) in [6, 6.07) is 11.0. The van der Waals surface area contributed by atoms with Crippen molar-refractivity contribution in [1.29, 1.82) is 0 Å². The fraction of sp³-hybridized carbons (Fsp3) is 0.381. The van der Waals surface area contributed by atoms with Crippen molar-refractivity contribution < 1.29 is 35.9 Å². The summed E-state index contributed by atoms with van der Waals surface area (Å²) >= 11 is 0. The Hall–Kier alpha value is -2.79. The minimum atomic E-state index is -4.79. The predicted octanol–water partition coefficient (Wildman–Crippen LogP) is 4.02. The molecule has 174 valence electrons. The van der Waals surface area contributed by atoms with Crippen LogP contribution in [0, 0.1) is 5.92 Å². The molecule has 1 fully saturated rings. The van der Waals surface area contributed by atoms with Gasteiger partial charge < -0.3 is 14.8 Å². The fourth-order valence-corrected chi connectivity index (χ4v) is 4.84. The molecule has 1 aliphatic rings. The topological polar surface area (TPSA) is 84.9 Å². The highest BCUT2D eigenvalue weighted by molar-refractivity contribution is 7.89. The van der Waals surface area contributed by atoms with E-state index in [1.54, 1.807) is 12.1 Å². The molecule has 1 heterocycles. The van der Waals surface area contributed by atoms with Crippen LogP contribution in [0.2, 0.25) is 0 Å². The fourth-order valence-electron chi connectivity index (χ4n) is 3.37. The average Bonchev–Trinajstić information content (AvgIpc) is 2.75. The van der Waals surface area contributed by atoms with E-state index in [-0.39, 0.29) is 29.6 Å². The maximum atomic E-state index is 12.8. The molecule has 11 heteroatoms. The first-order valence-electron chi connectivity index (χ1n) is 9.98. The molecule has 2 aromatic carbocycles. The van der Waals surface area contributed by atoms with E-state index in [1.165, 1.54) is 28.6 Å². The van der Waals surface area contributed by atoms with Crippen LogP contribution in [0.15, 0.2) is 53.4 Å². The molecule has 1 aliphatic heterocycles. The molecule has 1 saturated heterocycles. The first kappa shape index (κ1) is 23.9. The van der Waals surface area contributed by atoms with E-state index in [4.69, 9.17) is 4.74 Å². The number of hydrogen-bond donors (Lipinski definition) is 1. The van der Waals surface area contributed by atoms with Crippen molar-refractivity contribution in [2.45, 2.75) is 31.0 Å². The second kappa shape index (κ2) is 9.78. The summed E-state index contributed by atoms with van der Waals surface area (Å²) < 4.78 is 72.8. The molecule has 7 nitrogen and oxygen atoms in total. The van der Waals surface area contributed by atoms with Crippen LogP contribution in [0.5, 0.6) is 11.5 Å². The molecule has 1 amide bonds. The summed E-state index contributed by atoms with van der Waals surface area (Å²) in [7, 11) is -3.68. The molecule has 0 unspecified atom stereocenters. The second-order valence-corrected chi connectivity index (χ2v) is 9.08. The molecule has 1 N–H and O–H groups in total. The minimum absolute atomic E-state index is 0.157. The Morgan fingerprint density at radius 1 is 1.03 bits per heavy atom. The van der Waals surface area contributed by atoms with Crippen molar-refractivity contribution in [1.82, 2.24) is 4.31 Å². The van der Waals surface area contributed by atoms with Crippen molar-refractivity contribution in [2.75, 3.05) is 25.0 Å². The van der Waals surface area contributed by atoms with Gasteiger partial charge in [0.15, 0.2) is 0 Å². The highest BCUT2D eigenvalue weighted by Gasteiger charge is 2.33. The van der Waals surface area contributed by atoms with Gasteiger partial charge in [-0.25, -0.2) is 8.42 Å². The molecule has 3 rings (SSSR count). The Balaban J connectivity index is 1.55. The van der Waals surface area contributed by atoms with E-state index in [2.05, 4.69) is 10.1 Å². The van der Waals surface area contributed by atoms with E-state index in [0.29, 0.717) is 30.9 Å². The molecule has 0 aliphatic carbocycles. The van der Waals surface area contributed by atoms with E-state index in [1.807, 2.05) is 6.92 Å². The van der Waals surface area contributed by atoms with E-state index >= 15 is 0 Å². The summed E-state index contributed by atoms with van der Waals surface area (Å²) in [5, 5.41) is 2.65. The number of amides is 1.